The van der Waals surface area contributed by atoms with Gasteiger partial charge in [0, 0.05) is 18.7 Å². The molecule has 1 amide bonds. The van der Waals surface area contributed by atoms with Crippen molar-refractivity contribution in [3.8, 4) is 11.1 Å². The fraction of sp³-hybridized carbons (Fsp3) is 0.158. The first-order valence-electron chi connectivity index (χ1n) is 7.24. The highest BCUT2D eigenvalue weighted by atomic mass is 16.2. The minimum atomic E-state index is 0.0797. The second kappa shape index (κ2) is 5.87. The molecule has 1 aliphatic heterocycles. The summed E-state index contributed by atoms with van der Waals surface area (Å²) in [4.78, 5) is 17.6. The zero-order valence-electron chi connectivity index (χ0n) is 12.2. The summed E-state index contributed by atoms with van der Waals surface area (Å²) in [5, 5.41) is 0. The van der Waals surface area contributed by atoms with E-state index >= 15 is 0 Å². The average Bonchev–Trinajstić information content (AvgIpc) is 2.57. The quantitative estimate of drug-likeness (QED) is 0.616. The maximum Gasteiger partial charge on any atom is 0.254 e. The maximum atomic E-state index is 12.4. The Labute approximate surface area is 130 Å². The van der Waals surface area contributed by atoms with Gasteiger partial charge in [-0.1, -0.05) is 42.5 Å². The van der Waals surface area contributed by atoms with E-state index in [1.807, 2.05) is 41.3 Å². The Balaban J connectivity index is 1.93. The molecule has 0 aromatic heterocycles. The third-order valence-electron chi connectivity index (χ3n) is 3.95. The first-order chi connectivity index (χ1) is 10.7. The molecule has 0 saturated carbocycles. The maximum absolute atomic E-state index is 12.4. The van der Waals surface area contributed by atoms with Crippen LogP contribution in [0, 0.1) is 6.57 Å². The smallest absolute Gasteiger partial charge is 0.254 e. The highest BCUT2D eigenvalue weighted by molar-refractivity contribution is 5.97. The van der Waals surface area contributed by atoms with Crippen LogP contribution >= 0.6 is 0 Å². The normalized spacial score (nSPS) is 13.4. The molecule has 22 heavy (non-hydrogen) atoms. The largest absolute Gasteiger partial charge is 0.335 e. The van der Waals surface area contributed by atoms with Crippen LogP contribution in [-0.2, 0) is 6.42 Å². The zero-order chi connectivity index (χ0) is 15.5. The Morgan fingerprint density at radius 1 is 1.18 bits per heavy atom. The first-order valence-corrected chi connectivity index (χ1v) is 7.24. The summed E-state index contributed by atoms with van der Waals surface area (Å²) in [5.74, 6) is 0.0797. The molecule has 0 fully saturated rings. The van der Waals surface area contributed by atoms with Crippen molar-refractivity contribution >= 4 is 11.6 Å². The Kier molecular flexibility index (Phi) is 3.76. The highest BCUT2D eigenvalue weighted by Crippen LogP contribution is 2.27. The number of benzene rings is 2. The molecule has 1 aliphatic rings. The molecule has 108 valence electrons. The van der Waals surface area contributed by atoms with Gasteiger partial charge in [-0.3, -0.25) is 4.79 Å². The van der Waals surface area contributed by atoms with E-state index in [1.54, 1.807) is 6.08 Å². The van der Waals surface area contributed by atoms with Crippen molar-refractivity contribution in [2.75, 3.05) is 13.1 Å². The number of hydrogen-bond acceptors (Lipinski definition) is 1. The molecule has 1 heterocycles. The lowest BCUT2D eigenvalue weighted by molar-refractivity contribution is 0.0759. The SMILES string of the molecule is [C-]#[N+]c1ccc(-c2ccc3c(c2)CCN(CC=C)C3=O)cc1. The van der Waals surface area contributed by atoms with Gasteiger partial charge in [0.15, 0.2) is 5.69 Å². The second-order valence-electron chi connectivity index (χ2n) is 5.32. The Morgan fingerprint density at radius 2 is 1.91 bits per heavy atom. The van der Waals surface area contributed by atoms with Crippen LogP contribution in [0.3, 0.4) is 0 Å². The molecule has 0 N–H and O–H groups in total. The molecule has 0 bridgehead atoms. The lowest BCUT2D eigenvalue weighted by Gasteiger charge is -2.27. The van der Waals surface area contributed by atoms with E-state index < -0.39 is 0 Å². The van der Waals surface area contributed by atoms with Crippen LogP contribution < -0.4 is 0 Å². The van der Waals surface area contributed by atoms with E-state index in [9.17, 15) is 4.79 Å². The molecule has 0 aliphatic carbocycles. The molecule has 3 nitrogen and oxygen atoms in total. The number of amides is 1. The monoisotopic (exact) mass is 288 g/mol. The summed E-state index contributed by atoms with van der Waals surface area (Å²) < 4.78 is 0. The molecule has 0 radical (unpaired) electrons. The third-order valence-corrected chi connectivity index (χ3v) is 3.95. The van der Waals surface area contributed by atoms with Gasteiger partial charge in [-0.25, -0.2) is 4.85 Å². The van der Waals surface area contributed by atoms with Gasteiger partial charge in [0.2, 0.25) is 0 Å². The highest BCUT2D eigenvalue weighted by Gasteiger charge is 2.23. The molecular weight excluding hydrogens is 272 g/mol. The number of hydrogen-bond donors (Lipinski definition) is 0. The molecule has 0 saturated heterocycles. The Hall–Kier alpha value is -2.86. The Bertz CT molecular complexity index is 769. The minimum Gasteiger partial charge on any atom is -0.335 e. The summed E-state index contributed by atoms with van der Waals surface area (Å²) in [6.45, 7) is 12.0. The predicted molar refractivity (Wildman–Crippen MR) is 87.9 cm³/mol. The first kappa shape index (κ1) is 14.1. The van der Waals surface area contributed by atoms with Crippen LogP contribution in [0.25, 0.3) is 16.0 Å². The molecular formula is C19H16N2O. The standard InChI is InChI=1S/C19H16N2O/c1-3-11-21-12-10-16-13-15(6-9-18(16)19(21)22)14-4-7-17(20-2)8-5-14/h3-9,13H,1,10-12H2. The van der Waals surface area contributed by atoms with Gasteiger partial charge in [0.1, 0.15) is 0 Å². The molecule has 0 spiro atoms. The van der Waals surface area contributed by atoms with Crippen LogP contribution in [0.2, 0.25) is 0 Å². The van der Waals surface area contributed by atoms with Crippen molar-refractivity contribution in [3.05, 3.63) is 77.7 Å². The van der Waals surface area contributed by atoms with Crippen LogP contribution in [0.4, 0.5) is 5.69 Å². The number of rotatable bonds is 3. The molecule has 3 heteroatoms. The fourth-order valence-corrected chi connectivity index (χ4v) is 2.77. The van der Waals surface area contributed by atoms with Crippen molar-refractivity contribution in [2.45, 2.75) is 6.42 Å². The van der Waals surface area contributed by atoms with E-state index in [0.29, 0.717) is 12.2 Å². The lowest BCUT2D eigenvalue weighted by atomic mass is 9.94. The second-order valence-corrected chi connectivity index (χ2v) is 5.32. The summed E-state index contributed by atoms with van der Waals surface area (Å²) in [6.07, 6.45) is 2.62. The van der Waals surface area contributed by atoms with Crippen molar-refractivity contribution in [3.63, 3.8) is 0 Å². The van der Waals surface area contributed by atoms with Crippen molar-refractivity contribution < 1.29 is 4.79 Å². The van der Waals surface area contributed by atoms with E-state index in [2.05, 4.69) is 17.5 Å². The topological polar surface area (TPSA) is 24.7 Å². The van der Waals surface area contributed by atoms with E-state index in [1.165, 1.54) is 0 Å². The van der Waals surface area contributed by atoms with Crippen LogP contribution in [0.15, 0.2) is 55.1 Å². The lowest BCUT2D eigenvalue weighted by Crippen LogP contribution is -2.37. The van der Waals surface area contributed by atoms with E-state index in [0.717, 1.165) is 35.2 Å². The number of carbonyl (C=O) groups excluding carboxylic acids is 1. The van der Waals surface area contributed by atoms with Gasteiger partial charge in [0.25, 0.3) is 5.91 Å². The summed E-state index contributed by atoms with van der Waals surface area (Å²) in [5.41, 5.74) is 4.67. The summed E-state index contributed by atoms with van der Waals surface area (Å²) >= 11 is 0. The van der Waals surface area contributed by atoms with E-state index in [-0.39, 0.29) is 5.91 Å². The van der Waals surface area contributed by atoms with Gasteiger partial charge in [0.05, 0.1) is 6.57 Å². The van der Waals surface area contributed by atoms with Crippen LogP contribution in [0.1, 0.15) is 15.9 Å². The third kappa shape index (κ3) is 2.51. The molecule has 0 atom stereocenters. The summed E-state index contributed by atoms with van der Waals surface area (Å²) in [7, 11) is 0. The van der Waals surface area contributed by atoms with Crippen LogP contribution in [0.5, 0.6) is 0 Å². The number of fused-ring (bicyclic) bond motifs is 1. The molecule has 3 rings (SSSR count). The zero-order valence-corrected chi connectivity index (χ0v) is 12.2. The van der Waals surface area contributed by atoms with Crippen LogP contribution in [-0.4, -0.2) is 23.9 Å². The average molecular weight is 288 g/mol. The van der Waals surface area contributed by atoms with Gasteiger partial charge >= 0.3 is 0 Å². The van der Waals surface area contributed by atoms with Gasteiger partial charge < -0.3 is 4.90 Å². The van der Waals surface area contributed by atoms with Crippen molar-refractivity contribution in [1.82, 2.24) is 4.90 Å². The molecule has 0 unspecified atom stereocenters. The van der Waals surface area contributed by atoms with Gasteiger partial charge in [-0.15, -0.1) is 6.58 Å². The van der Waals surface area contributed by atoms with Gasteiger partial charge in [-0.2, -0.15) is 0 Å². The van der Waals surface area contributed by atoms with Crippen molar-refractivity contribution in [2.24, 2.45) is 0 Å². The predicted octanol–water partition coefficient (Wildman–Crippen LogP) is 4.09. The Morgan fingerprint density at radius 3 is 2.59 bits per heavy atom. The van der Waals surface area contributed by atoms with Gasteiger partial charge in [-0.05, 0) is 29.2 Å². The fourth-order valence-electron chi connectivity index (χ4n) is 2.77. The molecule has 2 aromatic carbocycles. The molecule has 2 aromatic rings. The number of carbonyl (C=O) groups is 1. The number of nitrogens with zero attached hydrogens (tertiary/aromatic N) is 2. The minimum absolute atomic E-state index is 0.0797. The van der Waals surface area contributed by atoms with E-state index in [4.69, 9.17) is 6.57 Å². The summed E-state index contributed by atoms with van der Waals surface area (Å²) in [6, 6.07) is 13.5. The van der Waals surface area contributed by atoms with Crippen molar-refractivity contribution in [1.29, 1.82) is 0 Å².